The summed E-state index contributed by atoms with van der Waals surface area (Å²) in [6.07, 6.45) is -5.60. The summed E-state index contributed by atoms with van der Waals surface area (Å²) in [4.78, 5) is 25.5. The van der Waals surface area contributed by atoms with Crippen LogP contribution in [-0.4, -0.2) is 26.2 Å². The molecule has 2 aromatic rings. The molecule has 0 saturated carbocycles. The van der Waals surface area contributed by atoms with Crippen LogP contribution in [0, 0.1) is 6.92 Å². The van der Waals surface area contributed by atoms with Gasteiger partial charge < -0.3 is 5.21 Å². The number of halogens is 3. The van der Waals surface area contributed by atoms with E-state index in [4.69, 9.17) is 5.21 Å². The molecule has 2 rings (SSSR count). The van der Waals surface area contributed by atoms with Crippen molar-refractivity contribution in [3.63, 3.8) is 0 Å². The Morgan fingerprint density at radius 1 is 1.29 bits per heavy atom. The van der Waals surface area contributed by atoms with Gasteiger partial charge in [0.2, 0.25) is 0 Å². The van der Waals surface area contributed by atoms with E-state index >= 15 is 0 Å². The number of aromatic nitrogens is 2. The van der Waals surface area contributed by atoms with Crippen molar-refractivity contribution >= 4 is 27.3 Å². The number of hydrogen-bond donors (Lipinski definition) is 1. The number of thiophene rings is 1. The molecule has 10 heteroatoms. The van der Waals surface area contributed by atoms with Gasteiger partial charge in [-0.25, -0.2) is 4.79 Å². The number of alkyl halides is 3. The molecule has 0 atom stereocenters. The molecule has 132 valence electrons. The second kappa shape index (κ2) is 6.42. The first-order valence-corrected chi connectivity index (χ1v) is 7.96. The Bertz CT molecular complexity index is 922. The van der Waals surface area contributed by atoms with Crippen LogP contribution in [0.1, 0.15) is 30.7 Å². The van der Waals surface area contributed by atoms with Gasteiger partial charge in [-0.15, -0.1) is 11.3 Å². The summed E-state index contributed by atoms with van der Waals surface area (Å²) in [6, 6.07) is 0. The number of nitrogens with zero attached hydrogens (tertiary/aromatic N) is 3. The predicted molar refractivity (Wildman–Crippen MR) is 85.4 cm³/mol. The number of aryl methyl sites for hydroxylation is 2. The van der Waals surface area contributed by atoms with Gasteiger partial charge in [0, 0.05) is 13.1 Å². The molecule has 0 radical (unpaired) electrons. The molecular weight excluding hydrogens is 347 g/mol. The standard InChI is InChI=1S/C14H16F3N3O3S/c1-4-19-11(21)9-7(2)10(8(3)18-23)24-12(9)20(13(19)22)6-5-14(15,16)17/h23H,4-6H2,1-3H3. The lowest BCUT2D eigenvalue weighted by molar-refractivity contribution is -0.136. The molecule has 24 heavy (non-hydrogen) atoms. The molecule has 0 fully saturated rings. The minimum atomic E-state index is -4.42. The van der Waals surface area contributed by atoms with Crippen LogP contribution in [0.15, 0.2) is 14.7 Å². The van der Waals surface area contributed by atoms with Crippen molar-refractivity contribution in [2.75, 3.05) is 0 Å². The maximum absolute atomic E-state index is 12.6. The zero-order chi connectivity index (χ0) is 18.2. The SMILES string of the molecule is CCn1c(=O)c2c(C)c(C(C)=NO)sc2n(CCC(F)(F)F)c1=O. The summed E-state index contributed by atoms with van der Waals surface area (Å²) in [5, 5.41) is 12.2. The van der Waals surface area contributed by atoms with Gasteiger partial charge in [-0.05, 0) is 26.3 Å². The normalized spacial score (nSPS) is 13.0. The van der Waals surface area contributed by atoms with Crippen LogP contribution in [0.25, 0.3) is 10.2 Å². The van der Waals surface area contributed by atoms with E-state index in [9.17, 15) is 22.8 Å². The highest BCUT2D eigenvalue weighted by Crippen LogP contribution is 2.29. The fourth-order valence-electron chi connectivity index (χ4n) is 2.50. The molecule has 0 unspecified atom stereocenters. The van der Waals surface area contributed by atoms with E-state index < -0.39 is 30.4 Å². The van der Waals surface area contributed by atoms with Crippen molar-refractivity contribution in [3.05, 3.63) is 31.3 Å². The van der Waals surface area contributed by atoms with E-state index in [-0.39, 0.29) is 22.5 Å². The lowest BCUT2D eigenvalue weighted by Gasteiger charge is -2.12. The maximum Gasteiger partial charge on any atom is 0.390 e. The Morgan fingerprint density at radius 2 is 1.92 bits per heavy atom. The number of oxime groups is 1. The van der Waals surface area contributed by atoms with Crippen LogP contribution in [0.2, 0.25) is 0 Å². The van der Waals surface area contributed by atoms with Gasteiger partial charge in [-0.2, -0.15) is 13.2 Å². The zero-order valence-corrected chi connectivity index (χ0v) is 14.1. The highest BCUT2D eigenvalue weighted by molar-refractivity contribution is 7.20. The van der Waals surface area contributed by atoms with Crippen LogP contribution < -0.4 is 11.2 Å². The summed E-state index contributed by atoms with van der Waals surface area (Å²) >= 11 is 0.973. The Hall–Kier alpha value is -2.10. The number of rotatable bonds is 4. The molecule has 6 nitrogen and oxygen atoms in total. The van der Waals surface area contributed by atoms with Crippen LogP contribution in [0.3, 0.4) is 0 Å². The Balaban J connectivity index is 2.85. The average molecular weight is 363 g/mol. The fourth-order valence-corrected chi connectivity index (χ4v) is 3.76. The predicted octanol–water partition coefficient (Wildman–Crippen LogP) is 2.70. The van der Waals surface area contributed by atoms with E-state index in [1.54, 1.807) is 13.8 Å². The van der Waals surface area contributed by atoms with Crippen molar-refractivity contribution in [3.8, 4) is 0 Å². The monoisotopic (exact) mass is 363 g/mol. The smallest absolute Gasteiger partial charge is 0.390 e. The van der Waals surface area contributed by atoms with Crippen molar-refractivity contribution in [2.45, 2.75) is 46.5 Å². The van der Waals surface area contributed by atoms with Gasteiger partial charge in [-0.1, -0.05) is 5.16 Å². The molecule has 2 heterocycles. The third-order valence-electron chi connectivity index (χ3n) is 3.71. The topological polar surface area (TPSA) is 76.6 Å². The molecule has 0 amide bonds. The lowest BCUT2D eigenvalue weighted by atomic mass is 10.1. The van der Waals surface area contributed by atoms with Gasteiger partial charge in [0.05, 0.1) is 22.4 Å². The van der Waals surface area contributed by atoms with Gasteiger partial charge in [-0.3, -0.25) is 13.9 Å². The van der Waals surface area contributed by atoms with Crippen molar-refractivity contribution in [1.29, 1.82) is 0 Å². The van der Waals surface area contributed by atoms with E-state index in [0.29, 0.717) is 10.4 Å². The molecular formula is C14H16F3N3O3S. The van der Waals surface area contributed by atoms with E-state index in [1.165, 1.54) is 6.92 Å². The molecule has 0 aromatic carbocycles. The highest BCUT2D eigenvalue weighted by atomic mass is 32.1. The minimum absolute atomic E-state index is 0.0529. The first-order chi connectivity index (χ1) is 11.1. The summed E-state index contributed by atoms with van der Waals surface area (Å²) in [6.45, 7) is 4.17. The molecule has 0 aliphatic carbocycles. The van der Waals surface area contributed by atoms with Crippen molar-refractivity contribution in [2.24, 2.45) is 5.16 Å². The first-order valence-electron chi connectivity index (χ1n) is 7.14. The lowest BCUT2D eigenvalue weighted by Crippen LogP contribution is -2.39. The molecule has 0 aliphatic rings. The highest BCUT2D eigenvalue weighted by Gasteiger charge is 2.28. The summed E-state index contributed by atoms with van der Waals surface area (Å²) in [5.74, 6) is 0. The number of hydrogen-bond acceptors (Lipinski definition) is 5. The van der Waals surface area contributed by atoms with Crippen LogP contribution in [0.4, 0.5) is 13.2 Å². The molecule has 1 N–H and O–H groups in total. The van der Waals surface area contributed by atoms with Gasteiger partial charge in [0.15, 0.2) is 0 Å². The molecule has 0 aliphatic heterocycles. The maximum atomic E-state index is 12.6. The molecule has 0 saturated heterocycles. The van der Waals surface area contributed by atoms with Crippen molar-refractivity contribution in [1.82, 2.24) is 9.13 Å². The molecule has 2 aromatic heterocycles. The van der Waals surface area contributed by atoms with Crippen LogP contribution in [-0.2, 0) is 13.1 Å². The third kappa shape index (κ3) is 3.10. The second-order valence-electron chi connectivity index (χ2n) is 5.27. The first kappa shape index (κ1) is 18.2. The molecule has 0 bridgehead atoms. The van der Waals surface area contributed by atoms with Gasteiger partial charge >= 0.3 is 11.9 Å². The quantitative estimate of drug-likeness (QED) is 0.515. The van der Waals surface area contributed by atoms with E-state index in [0.717, 1.165) is 20.5 Å². The van der Waals surface area contributed by atoms with Crippen LogP contribution in [0.5, 0.6) is 0 Å². The zero-order valence-electron chi connectivity index (χ0n) is 13.3. The van der Waals surface area contributed by atoms with Crippen LogP contribution >= 0.6 is 11.3 Å². The Labute approximate surface area is 138 Å². The Morgan fingerprint density at radius 3 is 2.42 bits per heavy atom. The summed E-state index contributed by atoms with van der Waals surface area (Å²) in [5.41, 5.74) is -0.610. The van der Waals surface area contributed by atoms with E-state index in [2.05, 4.69) is 5.16 Å². The largest absolute Gasteiger partial charge is 0.411 e. The average Bonchev–Trinajstić information content (AvgIpc) is 2.83. The second-order valence-corrected chi connectivity index (χ2v) is 6.27. The van der Waals surface area contributed by atoms with Gasteiger partial charge in [0.25, 0.3) is 5.56 Å². The fraction of sp³-hybridized carbons (Fsp3) is 0.500. The molecule has 0 spiro atoms. The summed E-state index contributed by atoms with van der Waals surface area (Å²) < 4.78 is 39.6. The third-order valence-corrected chi connectivity index (χ3v) is 5.13. The van der Waals surface area contributed by atoms with Gasteiger partial charge in [0.1, 0.15) is 4.83 Å². The van der Waals surface area contributed by atoms with E-state index in [1.807, 2.05) is 0 Å². The summed E-state index contributed by atoms with van der Waals surface area (Å²) in [7, 11) is 0. The van der Waals surface area contributed by atoms with Crippen molar-refractivity contribution < 1.29 is 18.4 Å². The Kier molecular flexibility index (Phi) is 4.88. The minimum Gasteiger partial charge on any atom is -0.411 e. The number of fused-ring (bicyclic) bond motifs is 1.